The number of primary amides is 1. The van der Waals surface area contributed by atoms with Gasteiger partial charge in [0, 0.05) is 22.0 Å². The molecule has 5 amide bonds. The summed E-state index contributed by atoms with van der Waals surface area (Å²) in [6.07, 6.45) is 0. The van der Waals surface area contributed by atoms with Gasteiger partial charge in [-0.1, -0.05) is 11.6 Å². The van der Waals surface area contributed by atoms with Crippen LogP contribution in [0.2, 0.25) is 5.02 Å². The molecule has 9 heteroatoms. The molecule has 1 atom stereocenters. The van der Waals surface area contributed by atoms with Crippen molar-refractivity contribution in [3.05, 3.63) is 59.1 Å². The molecule has 2 aromatic rings. The van der Waals surface area contributed by atoms with E-state index >= 15 is 0 Å². The Morgan fingerprint density at radius 1 is 1.07 bits per heavy atom. The van der Waals surface area contributed by atoms with E-state index in [0.717, 1.165) is 4.90 Å². The lowest BCUT2D eigenvalue weighted by molar-refractivity contribution is -0.130. The third-order valence-electron chi connectivity index (χ3n) is 4.31. The number of anilines is 2. The zero-order valence-corrected chi connectivity index (χ0v) is 15.6. The predicted octanol–water partition coefficient (Wildman–Crippen LogP) is 2.23. The highest BCUT2D eigenvalue weighted by Gasteiger charge is 2.44. The van der Waals surface area contributed by atoms with Gasteiger partial charge in [-0.3, -0.25) is 24.2 Å². The third kappa shape index (κ3) is 3.81. The summed E-state index contributed by atoms with van der Waals surface area (Å²) in [5, 5.41) is 3.09. The smallest absolute Gasteiger partial charge is 0.332 e. The number of nitrogens with one attached hydrogen (secondary N) is 1. The fourth-order valence-corrected chi connectivity index (χ4v) is 3.00. The normalized spacial score (nSPS) is 16.4. The van der Waals surface area contributed by atoms with Gasteiger partial charge in [-0.15, -0.1) is 0 Å². The van der Waals surface area contributed by atoms with Crippen LogP contribution in [0.3, 0.4) is 0 Å². The molecule has 1 heterocycles. The standard InChI is InChI=1S/C19H17ClN4O4/c1-11-18(27)23(19(28)24(11)15-8-4-13(20)5-9-15)10-16(25)22-14-6-2-12(3-7-14)17(21)26/h2-9,11H,10H2,1H3,(H2,21,26)(H,22,25)/t11-/m1/s1. The third-order valence-corrected chi connectivity index (χ3v) is 4.56. The number of amides is 5. The number of nitrogens with zero attached hydrogens (tertiary/aromatic N) is 2. The van der Waals surface area contributed by atoms with Crippen LogP contribution in [0.4, 0.5) is 16.2 Å². The van der Waals surface area contributed by atoms with E-state index in [1.54, 1.807) is 31.2 Å². The number of halogens is 1. The Morgan fingerprint density at radius 3 is 2.25 bits per heavy atom. The predicted molar refractivity (Wildman–Crippen MR) is 104 cm³/mol. The molecule has 2 aromatic carbocycles. The van der Waals surface area contributed by atoms with Crippen molar-refractivity contribution >= 4 is 46.7 Å². The summed E-state index contributed by atoms with van der Waals surface area (Å²) in [7, 11) is 0. The van der Waals surface area contributed by atoms with Gasteiger partial charge in [0.1, 0.15) is 12.6 Å². The molecule has 0 radical (unpaired) electrons. The van der Waals surface area contributed by atoms with Crippen LogP contribution in [-0.2, 0) is 9.59 Å². The first-order valence-corrected chi connectivity index (χ1v) is 8.75. The van der Waals surface area contributed by atoms with Gasteiger partial charge in [-0.25, -0.2) is 4.79 Å². The number of urea groups is 1. The molecule has 0 spiro atoms. The summed E-state index contributed by atoms with van der Waals surface area (Å²) in [5.41, 5.74) is 6.40. The van der Waals surface area contributed by atoms with Crippen molar-refractivity contribution in [2.24, 2.45) is 5.73 Å². The summed E-state index contributed by atoms with van der Waals surface area (Å²) in [6.45, 7) is 1.17. The van der Waals surface area contributed by atoms with E-state index in [1.807, 2.05) is 0 Å². The first kappa shape index (κ1) is 19.4. The molecule has 144 valence electrons. The molecule has 1 saturated heterocycles. The number of carbonyl (C=O) groups excluding carboxylic acids is 4. The molecular weight excluding hydrogens is 384 g/mol. The van der Waals surface area contributed by atoms with Crippen LogP contribution in [0.1, 0.15) is 17.3 Å². The second kappa shape index (κ2) is 7.69. The van der Waals surface area contributed by atoms with Gasteiger partial charge in [0.05, 0.1) is 0 Å². The number of rotatable bonds is 5. The van der Waals surface area contributed by atoms with Gasteiger partial charge >= 0.3 is 6.03 Å². The molecule has 3 N–H and O–H groups in total. The SMILES string of the molecule is C[C@@H]1C(=O)N(CC(=O)Nc2ccc(C(N)=O)cc2)C(=O)N1c1ccc(Cl)cc1. The maximum absolute atomic E-state index is 12.7. The number of imide groups is 1. The minimum Gasteiger partial charge on any atom is -0.366 e. The molecular formula is C19H17ClN4O4. The molecule has 0 aliphatic carbocycles. The van der Waals surface area contributed by atoms with Crippen molar-refractivity contribution in [1.29, 1.82) is 0 Å². The quantitative estimate of drug-likeness (QED) is 0.749. The van der Waals surface area contributed by atoms with Crippen LogP contribution >= 0.6 is 11.6 Å². The second-order valence-electron chi connectivity index (χ2n) is 6.22. The fourth-order valence-electron chi connectivity index (χ4n) is 2.87. The Morgan fingerprint density at radius 2 is 1.68 bits per heavy atom. The van der Waals surface area contributed by atoms with E-state index in [1.165, 1.54) is 29.2 Å². The average molecular weight is 401 g/mol. The van der Waals surface area contributed by atoms with Crippen LogP contribution in [0.15, 0.2) is 48.5 Å². The van der Waals surface area contributed by atoms with E-state index in [-0.39, 0.29) is 0 Å². The van der Waals surface area contributed by atoms with Crippen LogP contribution in [0.25, 0.3) is 0 Å². The molecule has 3 rings (SSSR count). The van der Waals surface area contributed by atoms with Crippen molar-refractivity contribution in [1.82, 2.24) is 4.90 Å². The number of benzene rings is 2. The highest BCUT2D eigenvalue weighted by Crippen LogP contribution is 2.27. The van der Waals surface area contributed by atoms with Gasteiger partial charge in [-0.2, -0.15) is 0 Å². The molecule has 0 unspecified atom stereocenters. The van der Waals surface area contributed by atoms with Crippen LogP contribution < -0.4 is 16.0 Å². The topological polar surface area (TPSA) is 113 Å². The molecule has 0 saturated carbocycles. The molecule has 28 heavy (non-hydrogen) atoms. The maximum atomic E-state index is 12.7. The second-order valence-corrected chi connectivity index (χ2v) is 6.66. The van der Waals surface area contributed by atoms with Crippen molar-refractivity contribution in [2.45, 2.75) is 13.0 Å². The van der Waals surface area contributed by atoms with E-state index in [2.05, 4.69) is 5.32 Å². The molecule has 1 fully saturated rings. The summed E-state index contributed by atoms with van der Waals surface area (Å²) in [5.74, 6) is -1.60. The van der Waals surface area contributed by atoms with E-state index < -0.39 is 36.3 Å². The first-order chi connectivity index (χ1) is 13.3. The van der Waals surface area contributed by atoms with Crippen molar-refractivity contribution in [3.63, 3.8) is 0 Å². The summed E-state index contributed by atoms with van der Waals surface area (Å²) < 4.78 is 0. The molecule has 1 aliphatic rings. The Labute approximate surface area is 165 Å². The van der Waals surface area contributed by atoms with Gasteiger partial charge < -0.3 is 11.1 Å². The largest absolute Gasteiger partial charge is 0.366 e. The Bertz CT molecular complexity index is 943. The van der Waals surface area contributed by atoms with E-state index in [9.17, 15) is 19.2 Å². The van der Waals surface area contributed by atoms with Gasteiger partial charge in [0.15, 0.2) is 0 Å². The van der Waals surface area contributed by atoms with Crippen molar-refractivity contribution in [3.8, 4) is 0 Å². The Balaban J connectivity index is 1.70. The van der Waals surface area contributed by atoms with Crippen molar-refractivity contribution in [2.75, 3.05) is 16.8 Å². The van der Waals surface area contributed by atoms with E-state index in [0.29, 0.717) is 22.0 Å². The minimum absolute atomic E-state index is 0.301. The highest BCUT2D eigenvalue weighted by atomic mass is 35.5. The van der Waals surface area contributed by atoms with E-state index in [4.69, 9.17) is 17.3 Å². The van der Waals surface area contributed by atoms with Crippen molar-refractivity contribution < 1.29 is 19.2 Å². The monoisotopic (exact) mass is 400 g/mol. The summed E-state index contributed by atoms with van der Waals surface area (Å²) in [4.78, 5) is 50.7. The number of nitrogens with two attached hydrogens (primary N) is 1. The molecule has 0 bridgehead atoms. The summed E-state index contributed by atoms with van der Waals surface area (Å²) >= 11 is 5.86. The number of carbonyl (C=O) groups is 4. The van der Waals surface area contributed by atoms with Crippen LogP contribution in [0, 0.1) is 0 Å². The highest BCUT2D eigenvalue weighted by molar-refractivity contribution is 6.30. The lowest BCUT2D eigenvalue weighted by Crippen LogP contribution is -2.39. The lowest BCUT2D eigenvalue weighted by Gasteiger charge is -2.19. The Hall–Kier alpha value is -3.39. The number of hydrogen-bond donors (Lipinski definition) is 2. The molecule has 0 aromatic heterocycles. The average Bonchev–Trinajstić information content (AvgIpc) is 2.86. The zero-order valence-electron chi connectivity index (χ0n) is 14.9. The first-order valence-electron chi connectivity index (χ1n) is 8.38. The number of hydrogen-bond acceptors (Lipinski definition) is 4. The lowest BCUT2D eigenvalue weighted by atomic mass is 10.2. The van der Waals surface area contributed by atoms with Gasteiger partial charge in [0.2, 0.25) is 11.8 Å². The summed E-state index contributed by atoms with van der Waals surface area (Å²) in [6, 6.07) is 11.1. The zero-order chi connectivity index (χ0) is 20.4. The molecule has 1 aliphatic heterocycles. The fraction of sp³-hybridized carbons (Fsp3) is 0.158. The Kier molecular flexibility index (Phi) is 5.32. The van der Waals surface area contributed by atoms with Crippen LogP contribution in [0.5, 0.6) is 0 Å². The van der Waals surface area contributed by atoms with Gasteiger partial charge in [0.25, 0.3) is 5.91 Å². The minimum atomic E-state index is -0.740. The van der Waals surface area contributed by atoms with Crippen LogP contribution in [-0.4, -0.2) is 41.2 Å². The van der Waals surface area contributed by atoms with Gasteiger partial charge in [-0.05, 0) is 55.5 Å². The molecule has 8 nitrogen and oxygen atoms in total. The maximum Gasteiger partial charge on any atom is 0.332 e.